The molecule has 1 atom stereocenters. The topological polar surface area (TPSA) is 71.3 Å². The van der Waals surface area contributed by atoms with E-state index < -0.39 is 6.10 Å². The van der Waals surface area contributed by atoms with Crippen LogP contribution < -0.4 is 14.8 Å². The second kappa shape index (κ2) is 8.74. The van der Waals surface area contributed by atoms with Gasteiger partial charge < -0.3 is 14.8 Å². The molecule has 0 aliphatic carbocycles. The van der Waals surface area contributed by atoms with Gasteiger partial charge in [-0.2, -0.15) is 5.26 Å². The highest BCUT2D eigenvalue weighted by molar-refractivity contribution is 5.95. The van der Waals surface area contributed by atoms with Gasteiger partial charge >= 0.3 is 0 Å². The van der Waals surface area contributed by atoms with Crippen molar-refractivity contribution in [3.05, 3.63) is 89.5 Å². The zero-order chi connectivity index (χ0) is 19.9. The van der Waals surface area contributed by atoms with Gasteiger partial charge in [-0.1, -0.05) is 48.0 Å². The molecule has 5 heteroatoms. The number of nitrogens with zero attached hydrogens (tertiary/aromatic N) is 1. The Morgan fingerprint density at radius 1 is 1.00 bits per heavy atom. The number of hydrogen-bond donors (Lipinski definition) is 1. The quantitative estimate of drug-likeness (QED) is 0.684. The molecule has 0 heterocycles. The molecular weight excluding hydrogens is 352 g/mol. The lowest BCUT2D eigenvalue weighted by Gasteiger charge is -2.20. The van der Waals surface area contributed by atoms with Crippen molar-refractivity contribution < 1.29 is 14.3 Å². The maximum absolute atomic E-state index is 13.0. The Bertz CT molecular complexity index is 993. The van der Waals surface area contributed by atoms with Crippen LogP contribution in [0, 0.1) is 18.3 Å². The third-order valence-electron chi connectivity index (χ3n) is 4.20. The first-order valence-electron chi connectivity index (χ1n) is 8.78. The summed E-state index contributed by atoms with van der Waals surface area (Å²) in [6.07, 6.45) is -0.885. The number of methoxy groups -OCH3 is 1. The summed E-state index contributed by atoms with van der Waals surface area (Å²) in [6.45, 7) is 1.98. The molecule has 1 N–H and O–H groups in total. The van der Waals surface area contributed by atoms with Gasteiger partial charge in [0.2, 0.25) is 6.10 Å². The summed E-state index contributed by atoms with van der Waals surface area (Å²) in [5.41, 5.74) is 2.95. The van der Waals surface area contributed by atoms with E-state index in [1.807, 2.05) is 61.5 Å². The molecule has 0 spiro atoms. The lowest BCUT2D eigenvalue weighted by molar-refractivity contribution is -0.123. The predicted molar refractivity (Wildman–Crippen MR) is 107 cm³/mol. The smallest absolute Gasteiger partial charge is 0.270 e. The molecule has 140 valence electrons. The monoisotopic (exact) mass is 372 g/mol. The summed E-state index contributed by atoms with van der Waals surface area (Å²) >= 11 is 0. The van der Waals surface area contributed by atoms with Crippen molar-refractivity contribution in [3.8, 4) is 17.6 Å². The fourth-order valence-electron chi connectivity index (χ4n) is 2.71. The minimum Gasteiger partial charge on any atom is -0.493 e. The van der Waals surface area contributed by atoms with Gasteiger partial charge in [0.25, 0.3) is 5.91 Å². The first kappa shape index (κ1) is 19.0. The van der Waals surface area contributed by atoms with Gasteiger partial charge in [-0.15, -0.1) is 0 Å². The minimum absolute atomic E-state index is 0.304. The van der Waals surface area contributed by atoms with Crippen molar-refractivity contribution in [1.82, 2.24) is 0 Å². The molecule has 5 nitrogen and oxygen atoms in total. The predicted octanol–water partition coefficient (Wildman–Crippen LogP) is 4.63. The Balaban J connectivity index is 1.91. The molecule has 0 aromatic heterocycles. The van der Waals surface area contributed by atoms with Crippen molar-refractivity contribution >= 4 is 11.6 Å². The third-order valence-corrected chi connectivity index (χ3v) is 4.20. The van der Waals surface area contributed by atoms with Crippen LogP contribution in [0.4, 0.5) is 5.69 Å². The second-order valence-electron chi connectivity index (χ2n) is 6.24. The number of carbonyl (C=O) groups excluding carboxylic acids is 1. The molecule has 3 rings (SSSR count). The number of amides is 1. The highest BCUT2D eigenvalue weighted by atomic mass is 16.5. The van der Waals surface area contributed by atoms with Crippen LogP contribution in [-0.2, 0) is 4.79 Å². The van der Waals surface area contributed by atoms with E-state index in [2.05, 4.69) is 11.4 Å². The van der Waals surface area contributed by atoms with E-state index in [1.54, 1.807) is 18.2 Å². The van der Waals surface area contributed by atoms with E-state index in [0.717, 1.165) is 5.56 Å². The van der Waals surface area contributed by atoms with E-state index in [1.165, 1.54) is 7.11 Å². The molecule has 0 aliphatic rings. The number of hydrogen-bond acceptors (Lipinski definition) is 4. The summed E-state index contributed by atoms with van der Waals surface area (Å²) in [7, 11) is 1.49. The number of ether oxygens (including phenoxy) is 2. The van der Waals surface area contributed by atoms with E-state index in [0.29, 0.717) is 28.3 Å². The summed E-state index contributed by atoms with van der Waals surface area (Å²) in [5.74, 6) is 0.471. The summed E-state index contributed by atoms with van der Waals surface area (Å²) in [5, 5.41) is 12.0. The van der Waals surface area contributed by atoms with Gasteiger partial charge in [-0.05, 0) is 31.2 Å². The molecule has 3 aromatic rings. The molecule has 0 saturated carbocycles. The zero-order valence-electron chi connectivity index (χ0n) is 15.7. The maximum Gasteiger partial charge on any atom is 0.270 e. The Labute approximate surface area is 164 Å². The SMILES string of the molecule is COc1cc(C#N)ccc1O[C@H](C(=O)Nc1ccc(C)cc1)c1ccccc1. The van der Waals surface area contributed by atoms with Gasteiger partial charge in [0.05, 0.1) is 18.7 Å². The van der Waals surface area contributed by atoms with Crippen molar-refractivity contribution in [2.75, 3.05) is 12.4 Å². The Kier molecular flexibility index (Phi) is 5.93. The largest absolute Gasteiger partial charge is 0.493 e. The fourth-order valence-corrected chi connectivity index (χ4v) is 2.71. The lowest BCUT2D eigenvalue weighted by Crippen LogP contribution is -2.25. The van der Waals surface area contributed by atoms with Crippen molar-refractivity contribution in [2.24, 2.45) is 0 Å². The van der Waals surface area contributed by atoms with Crippen LogP contribution in [0.5, 0.6) is 11.5 Å². The van der Waals surface area contributed by atoms with Crippen LogP contribution in [0.1, 0.15) is 22.8 Å². The minimum atomic E-state index is -0.885. The number of aryl methyl sites for hydroxylation is 1. The molecule has 0 aliphatic heterocycles. The third kappa shape index (κ3) is 4.49. The average Bonchev–Trinajstić information content (AvgIpc) is 2.74. The van der Waals surface area contributed by atoms with E-state index in [9.17, 15) is 4.79 Å². The number of anilines is 1. The molecule has 0 fully saturated rings. The maximum atomic E-state index is 13.0. The summed E-state index contributed by atoms with van der Waals surface area (Å²) in [6, 6.07) is 23.7. The molecule has 0 radical (unpaired) electrons. The van der Waals surface area contributed by atoms with E-state index in [4.69, 9.17) is 14.7 Å². The van der Waals surface area contributed by atoms with Crippen molar-refractivity contribution in [1.29, 1.82) is 5.26 Å². The van der Waals surface area contributed by atoms with E-state index >= 15 is 0 Å². The van der Waals surface area contributed by atoms with Gasteiger partial charge in [-0.3, -0.25) is 4.79 Å². The summed E-state index contributed by atoms with van der Waals surface area (Å²) < 4.78 is 11.4. The molecule has 0 bridgehead atoms. The summed E-state index contributed by atoms with van der Waals surface area (Å²) in [4.78, 5) is 13.0. The average molecular weight is 372 g/mol. The number of rotatable bonds is 6. The number of nitrogens with one attached hydrogen (secondary N) is 1. The number of benzene rings is 3. The van der Waals surface area contributed by atoms with E-state index in [-0.39, 0.29) is 5.91 Å². The second-order valence-corrected chi connectivity index (χ2v) is 6.24. The molecule has 3 aromatic carbocycles. The van der Waals surface area contributed by atoms with Crippen molar-refractivity contribution in [3.63, 3.8) is 0 Å². The van der Waals surface area contributed by atoms with Crippen molar-refractivity contribution in [2.45, 2.75) is 13.0 Å². The Hall–Kier alpha value is -3.78. The highest BCUT2D eigenvalue weighted by Crippen LogP contribution is 2.32. The van der Waals surface area contributed by atoms with Crippen LogP contribution in [0.15, 0.2) is 72.8 Å². The van der Waals surface area contributed by atoms with Gasteiger partial charge in [0, 0.05) is 17.3 Å². The van der Waals surface area contributed by atoms with Crippen LogP contribution >= 0.6 is 0 Å². The van der Waals surface area contributed by atoms with Crippen LogP contribution in [0.2, 0.25) is 0 Å². The zero-order valence-corrected chi connectivity index (χ0v) is 15.7. The molecule has 0 saturated heterocycles. The molecule has 0 unspecified atom stereocenters. The molecule has 28 heavy (non-hydrogen) atoms. The first-order chi connectivity index (χ1) is 13.6. The van der Waals surface area contributed by atoms with Gasteiger partial charge in [0.15, 0.2) is 11.5 Å². The normalized spacial score (nSPS) is 11.2. The first-order valence-corrected chi connectivity index (χ1v) is 8.78. The fraction of sp³-hybridized carbons (Fsp3) is 0.130. The van der Waals surface area contributed by atoms with Crippen LogP contribution in [0.25, 0.3) is 0 Å². The van der Waals surface area contributed by atoms with Crippen LogP contribution in [0.3, 0.4) is 0 Å². The number of carbonyl (C=O) groups is 1. The lowest BCUT2D eigenvalue weighted by atomic mass is 10.1. The Morgan fingerprint density at radius 3 is 2.36 bits per heavy atom. The standard InChI is InChI=1S/C23H20N2O3/c1-16-8-11-19(12-9-16)25-23(26)22(18-6-4-3-5-7-18)28-20-13-10-17(15-24)14-21(20)27-2/h3-14,22H,1-2H3,(H,25,26)/t22-/m0/s1. The molecule has 1 amide bonds. The Morgan fingerprint density at radius 2 is 1.71 bits per heavy atom. The van der Waals surface area contributed by atoms with Gasteiger partial charge in [0.1, 0.15) is 0 Å². The van der Waals surface area contributed by atoms with Gasteiger partial charge in [-0.25, -0.2) is 0 Å². The highest BCUT2D eigenvalue weighted by Gasteiger charge is 2.24. The number of nitriles is 1. The molecular formula is C23H20N2O3. The van der Waals surface area contributed by atoms with Crippen LogP contribution in [-0.4, -0.2) is 13.0 Å².